The lowest BCUT2D eigenvalue weighted by atomic mass is 10.2. The van der Waals surface area contributed by atoms with Gasteiger partial charge in [0.1, 0.15) is 11.5 Å². The lowest BCUT2D eigenvalue weighted by molar-refractivity contribution is -0.136. The van der Waals surface area contributed by atoms with Crippen LogP contribution in [0.2, 0.25) is 0 Å². The van der Waals surface area contributed by atoms with E-state index in [0.717, 1.165) is 29.9 Å². The fourth-order valence-electron chi connectivity index (χ4n) is 2.28. The Labute approximate surface area is 171 Å². The van der Waals surface area contributed by atoms with Crippen LogP contribution in [-0.2, 0) is 9.59 Å². The Morgan fingerprint density at radius 1 is 1.00 bits per heavy atom. The second-order valence-corrected chi connectivity index (χ2v) is 6.62. The number of unbranched alkanes of at least 4 members (excludes halogenated alkanes) is 1. The van der Waals surface area contributed by atoms with Crippen LogP contribution in [-0.4, -0.2) is 30.7 Å². The molecule has 0 aromatic heterocycles. The molecule has 0 saturated carbocycles. The third-order valence-corrected chi connectivity index (χ3v) is 3.72. The molecule has 0 saturated heterocycles. The maximum Gasteiger partial charge on any atom is 0.329 e. The molecule has 7 nitrogen and oxygen atoms in total. The van der Waals surface area contributed by atoms with Crippen molar-refractivity contribution in [3.63, 3.8) is 0 Å². The molecule has 29 heavy (non-hydrogen) atoms. The van der Waals surface area contributed by atoms with Crippen LogP contribution >= 0.6 is 0 Å². The Balaban J connectivity index is 1.79. The van der Waals surface area contributed by atoms with Gasteiger partial charge in [-0.2, -0.15) is 5.10 Å². The quantitative estimate of drug-likeness (QED) is 0.292. The number of carbonyl (C=O) groups is 2. The molecule has 0 aliphatic rings. The predicted molar refractivity (Wildman–Crippen MR) is 113 cm³/mol. The minimum absolute atomic E-state index is 0.0945. The first-order valence-electron chi connectivity index (χ1n) is 9.62. The van der Waals surface area contributed by atoms with Crippen molar-refractivity contribution in [2.75, 3.05) is 11.9 Å². The van der Waals surface area contributed by atoms with Crippen molar-refractivity contribution >= 4 is 23.7 Å². The number of amides is 2. The molecular weight excluding hydrogens is 370 g/mol. The summed E-state index contributed by atoms with van der Waals surface area (Å²) >= 11 is 0. The van der Waals surface area contributed by atoms with Crippen molar-refractivity contribution in [2.24, 2.45) is 5.10 Å². The van der Waals surface area contributed by atoms with E-state index < -0.39 is 11.8 Å². The normalized spacial score (nSPS) is 10.8. The van der Waals surface area contributed by atoms with E-state index in [9.17, 15) is 9.59 Å². The second kappa shape index (κ2) is 11.5. The van der Waals surface area contributed by atoms with Crippen molar-refractivity contribution in [3.8, 4) is 11.5 Å². The van der Waals surface area contributed by atoms with Gasteiger partial charge in [0.15, 0.2) is 0 Å². The minimum atomic E-state index is -0.857. The summed E-state index contributed by atoms with van der Waals surface area (Å²) in [5, 5.41) is 6.32. The lowest BCUT2D eigenvalue weighted by Crippen LogP contribution is -2.32. The van der Waals surface area contributed by atoms with Gasteiger partial charge in [0.2, 0.25) is 0 Å². The van der Waals surface area contributed by atoms with E-state index >= 15 is 0 Å². The van der Waals surface area contributed by atoms with Crippen LogP contribution in [0.25, 0.3) is 0 Å². The standard InChI is InChI=1S/C22H27N3O4/c1-4-5-14-28-19-12-8-18(9-13-19)24-21(26)22(27)25-23-15-17-6-10-20(11-7-17)29-16(2)3/h6-13,15-16H,4-5,14H2,1-3H3,(H,24,26)(H,25,27)/b23-15-. The van der Waals surface area contributed by atoms with Crippen molar-refractivity contribution in [2.45, 2.75) is 39.7 Å². The van der Waals surface area contributed by atoms with Crippen LogP contribution in [0.1, 0.15) is 39.2 Å². The summed E-state index contributed by atoms with van der Waals surface area (Å²) in [4.78, 5) is 23.8. The number of hydrogen-bond donors (Lipinski definition) is 2. The topological polar surface area (TPSA) is 89.0 Å². The molecule has 0 atom stereocenters. The summed E-state index contributed by atoms with van der Waals surface area (Å²) in [6.45, 7) is 6.64. The first-order valence-corrected chi connectivity index (χ1v) is 9.62. The number of nitrogens with zero attached hydrogens (tertiary/aromatic N) is 1. The Hall–Kier alpha value is -3.35. The molecule has 0 aliphatic heterocycles. The number of anilines is 1. The van der Waals surface area contributed by atoms with Crippen LogP contribution in [0, 0.1) is 0 Å². The molecule has 2 aromatic rings. The molecule has 2 aromatic carbocycles. The van der Waals surface area contributed by atoms with Crippen molar-refractivity contribution in [1.82, 2.24) is 5.43 Å². The van der Waals surface area contributed by atoms with E-state index in [-0.39, 0.29) is 6.10 Å². The molecule has 0 bridgehead atoms. The maximum absolute atomic E-state index is 12.0. The highest BCUT2D eigenvalue weighted by Crippen LogP contribution is 2.16. The third kappa shape index (κ3) is 8.04. The molecule has 154 valence electrons. The van der Waals surface area contributed by atoms with Gasteiger partial charge in [-0.3, -0.25) is 9.59 Å². The second-order valence-electron chi connectivity index (χ2n) is 6.62. The van der Waals surface area contributed by atoms with Crippen LogP contribution in [0.5, 0.6) is 11.5 Å². The zero-order valence-corrected chi connectivity index (χ0v) is 17.0. The molecule has 0 aliphatic carbocycles. The van der Waals surface area contributed by atoms with Gasteiger partial charge in [-0.1, -0.05) is 13.3 Å². The molecule has 0 heterocycles. The molecule has 2 amide bonds. The largest absolute Gasteiger partial charge is 0.494 e. The number of rotatable bonds is 9. The third-order valence-electron chi connectivity index (χ3n) is 3.72. The summed E-state index contributed by atoms with van der Waals surface area (Å²) in [5.74, 6) is -0.190. The summed E-state index contributed by atoms with van der Waals surface area (Å²) < 4.78 is 11.1. The first kappa shape index (κ1) is 21.9. The van der Waals surface area contributed by atoms with Gasteiger partial charge in [0, 0.05) is 5.69 Å². The molecule has 0 spiro atoms. The average molecular weight is 397 g/mol. The zero-order chi connectivity index (χ0) is 21.1. The highest BCUT2D eigenvalue weighted by Gasteiger charge is 2.12. The Morgan fingerprint density at radius 2 is 1.66 bits per heavy atom. The fourth-order valence-corrected chi connectivity index (χ4v) is 2.28. The van der Waals surface area contributed by atoms with Gasteiger partial charge in [0.25, 0.3) is 0 Å². The molecule has 0 unspecified atom stereocenters. The van der Waals surface area contributed by atoms with Gasteiger partial charge < -0.3 is 14.8 Å². The molecule has 7 heteroatoms. The molecule has 0 fully saturated rings. The number of hydrogen-bond acceptors (Lipinski definition) is 5. The average Bonchev–Trinajstić information content (AvgIpc) is 2.70. The Bertz CT molecular complexity index is 815. The Morgan fingerprint density at radius 3 is 2.28 bits per heavy atom. The number of ether oxygens (including phenoxy) is 2. The number of carbonyl (C=O) groups excluding carboxylic acids is 2. The van der Waals surface area contributed by atoms with Crippen molar-refractivity contribution < 1.29 is 19.1 Å². The summed E-state index contributed by atoms with van der Waals surface area (Å²) in [6.07, 6.45) is 3.59. The highest BCUT2D eigenvalue weighted by atomic mass is 16.5. The maximum atomic E-state index is 12.0. The van der Waals surface area contributed by atoms with Crippen LogP contribution in [0.4, 0.5) is 5.69 Å². The van der Waals surface area contributed by atoms with E-state index in [1.54, 1.807) is 36.4 Å². The molecular formula is C22H27N3O4. The summed E-state index contributed by atoms with van der Waals surface area (Å²) in [5.41, 5.74) is 3.47. The molecule has 2 rings (SSSR count). The van der Waals surface area contributed by atoms with Crippen LogP contribution in [0.15, 0.2) is 53.6 Å². The van der Waals surface area contributed by atoms with E-state index in [4.69, 9.17) is 9.47 Å². The summed E-state index contributed by atoms with van der Waals surface area (Å²) in [6, 6.07) is 14.1. The monoisotopic (exact) mass is 397 g/mol. The zero-order valence-electron chi connectivity index (χ0n) is 17.0. The van der Waals surface area contributed by atoms with Gasteiger partial charge in [0.05, 0.1) is 18.9 Å². The van der Waals surface area contributed by atoms with E-state index in [1.807, 2.05) is 26.0 Å². The molecule has 0 radical (unpaired) electrons. The first-order chi connectivity index (χ1) is 14.0. The summed E-state index contributed by atoms with van der Waals surface area (Å²) in [7, 11) is 0. The Kier molecular flexibility index (Phi) is 8.69. The van der Waals surface area contributed by atoms with Crippen LogP contribution < -0.4 is 20.2 Å². The minimum Gasteiger partial charge on any atom is -0.494 e. The number of nitrogens with one attached hydrogen (secondary N) is 2. The smallest absolute Gasteiger partial charge is 0.329 e. The number of hydrazone groups is 1. The van der Waals surface area contributed by atoms with Crippen molar-refractivity contribution in [1.29, 1.82) is 0 Å². The van der Waals surface area contributed by atoms with Crippen LogP contribution in [0.3, 0.4) is 0 Å². The van der Waals surface area contributed by atoms with E-state index in [2.05, 4.69) is 22.8 Å². The van der Waals surface area contributed by atoms with E-state index in [0.29, 0.717) is 12.3 Å². The van der Waals surface area contributed by atoms with Crippen molar-refractivity contribution in [3.05, 3.63) is 54.1 Å². The van der Waals surface area contributed by atoms with Gasteiger partial charge >= 0.3 is 11.8 Å². The van der Waals surface area contributed by atoms with Gasteiger partial charge in [-0.15, -0.1) is 0 Å². The lowest BCUT2D eigenvalue weighted by Gasteiger charge is -2.09. The van der Waals surface area contributed by atoms with Gasteiger partial charge in [-0.05, 0) is 74.4 Å². The van der Waals surface area contributed by atoms with E-state index in [1.165, 1.54) is 6.21 Å². The SMILES string of the molecule is CCCCOc1ccc(NC(=O)C(=O)N/N=C\c2ccc(OC(C)C)cc2)cc1. The van der Waals surface area contributed by atoms with Gasteiger partial charge in [-0.25, -0.2) is 5.43 Å². The highest BCUT2D eigenvalue weighted by molar-refractivity contribution is 6.39. The number of benzene rings is 2. The molecule has 2 N–H and O–H groups in total. The predicted octanol–water partition coefficient (Wildman–Crippen LogP) is 3.74. The fraction of sp³-hybridized carbons (Fsp3) is 0.318.